The predicted molar refractivity (Wildman–Crippen MR) is 109 cm³/mol. The van der Waals surface area contributed by atoms with Gasteiger partial charge in [0.05, 0.1) is 22.9 Å². The van der Waals surface area contributed by atoms with Gasteiger partial charge >= 0.3 is 0 Å². The number of hydrogen-bond donors (Lipinski definition) is 1. The Morgan fingerprint density at radius 2 is 1.59 bits per heavy atom. The molecular weight excluding hydrogens is 419 g/mol. The third-order valence-corrected chi connectivity index (χ3v) is 6.69. The molecule has 0 bridgehead atoms. The van der Waals surface area contributed by atoms with Crippen molar-refractivity contribution >= 4 is 31.5 Å². The molecule has 0 aliphatic rings. The summed E-state index contributed by atoms with van der Waals surface area (Å²) in [6, 6.07) is 9.37. The van der Waals surface area contributed by atoms with E-state index in [1.165, 1.54) is 37.3 Å². The zero-order chi connectivity index (χ0) is 22.0. The fraction of sp³-hybridized carbons (Fsp3) is 0.316. The maximum absolute atomic E-state index is 13.6. The van der Waals surface area contributed by atoms with Gasteiger partial charge < -0.3 is 5.32 Å². The van der Waals surface area contributed by atoms with Gasteiger partial charge in [0, 0.05) is 6.26 Å². The number of carbonyl (C=O) groups excluding carboxylic acids is 1. The van der Waals surface area contributed by atoms with E-state index in [2.05, 4.69) is 5.32 Å². The first-order chi connectivity index (χ1) is 13.3. The molecule has 7 nitrogen and oxygen atoms in total. The Kier molecular flexibility index (Phi) is 6.69. The van der Waals surface area contributed by atoms with Crippen LogP contribution < -0.4 is 9.62 Å². The first-order valence-electron chi connectivity index (χ1n) is 8.66. The average Bonchev–Trinajstić information content (AvgIpc) is 2.60. The number of anilines is 1. The van der Waals surface area contributed by atoms with Crippen LogP contribution in [0, 0.1) is 5.82 Å². The molecule has 2 atom stereocenters. The van der Waals surface area contributed by atoms with Crippen LogP contribution in [0.4, 0.5) is 10.1 Å². The molecule has 0 aliphatic heterocycles. The fourth-order valence-corrected chi connectivity index (χ4v) is 4.64. The van der Waals surface area contributed by atoms with Crippen molar-refractivity contribution in [3.63, 3.8) is 0 Å². The van der Waals surface area contributed by atoms with Crippen molar-refractivity contribution in [3.8, 4) is 0 Å². The topological polar surface area (TPSA) is 101 Å². The number of amides is 1. The first-order valence-corrected chi connectivity index (χ1v) is 12.4. The molecule has 2 aromatic rings. The summed E-state index contributed by atoms with van der Waals surface area (Å²) in [7, 11) is -7.20. The van der Waals surface area contributed by atoms with Crippen LogP contribution in [0.5, 0.6) is 0 Å². The summed E-state index contributed by atoms with van der Waals surface area (Å²) in [5.41, 5.74) is 0.690. The highest BCUT2D eigenvalue weighted by Crippen LogP contribution is 2.23. The SMILES string of the molecule is C[C@H](NC(=O)[C@@H](C)N(c1cccc(F)c1)S(C)(=O)=O)c1ccc(S(C)(=O)=O)cc1. The Bertz CT molecular complexity index is 1100. The van der Waals surface area contributed by atoms with E-state index < -0.39 is 43.7 Å². The highest BCUT2D eigenvalue weighted by atomic mass is 32.2. The molecule has 0 spiro atoms. The maximum Gasteiger partial charge on any atom is 0.244 e. The van der Waals surface area contributed by atoms with Gasteiger partial charge in [0.15, 0.2) is 9.84 Å². The van der Waals surface area contributed by atoms with Gasteiger partial charge in [-0.15, -0.1) is 0 Å². The minimum Gasteiger partial charge on any atom is -0.348 e. The van der Waals surface area contributed by atoms with Gasteiger partial charge in [-0.1, -0.05) is 18.2 Å². The molecule has 0 saturated carbocycles. The Balaban J connectivity index is 2.23. The Hall–Kier alpha value is -2.46. The van der Waals surface area contributed by atoms with E-state index in [1.54, 1.807) is 19.1 Å². The van der Waals surface area contributed by atoms with Crippen LogP contribution in [0.1, 0.15) is 25.5 Å². The number of sulfone groups is 1. The van der Waals surface area contributed by atoms with Gasteiger partial charge in [0.2, 0.25) is 15.9 Å². The molecule has 0 aromatic heterocycles. The van der Waals surface area contributed by atoms with E-state index in [1.807, 2.05) is 0 Å². The number of hydrogen-bond acceptors (Lipinski definition) is 5. The number of sulfonamides is 1. The van der Waals surface area contributed by atoms with Gasteiger partial charge in [0.1, 0.15) is 11.9 Å². The second-order valence-corrected chi connectivity index (χ2v) is 10.7. The third-order valence-electron chi connectivity index (χ3n) is 4.32. The van der Waals surface area contributed by atoms with Crippen LogP contribution in [0.15, 0.2) is 53.4 Å². The lowest BCUT2D eigenvalue weighted by molar-refractivity contribution is -0.122. The second-order valence-electron chi connectivity index (χ2n) is 6.79. The molecule has 0 fully saturated rings. The fourth-order valence-electron chi connectivity index (χ4n) is 2.84. The third kappa shape index (κ3) is 5.77. The van der Waals surface area contributed by atoms with Crippen molar-refractivity contribution in [2.45, 2.75) is 30.8 Å². The van der Waals surface area contributed by atoms with E-state index in [4.69, 9.17) is 0 Å². The molecule has 2 rings (SSSR count). The van der Waals surface area contributed by atoms with Crippen molar-refractivity contribution in [3.05, 3.63) is 59.9 Å². The van der Waals surface area contributed by atoms with E-state index >= 15 is 0 Å². The molecule has 1 amide bonds. The lowest BCUT2D eigenvalue weighted by Crippen LogP contribution is -2.48. The van der Waals surface area contributed by atoms with Gasteiger partial charge in [-0.25, -0.2) is 21.2 Å². The summed E-state index contributed by atoms with van der Waals surface area (Å²) in [4.78, 5) is 12.8. The lowest BCUT2D eigenvalue weighted by atomic mass is 10.1. The summed E-state index contributed by atoms with van der Waals surface area (Å²) in [5, 5.41) is 2.70. The van der Waals surface area contributed by atoms with Crippen LogP contribution >= 0.6 is 0 Å². The molecule has 0 unspecified atom stereocenters. The average molecular weight is 443 g/mol. The zero-order valence-electron chi connectivity index (χ0n) is 16.5. The molecule has 0 saturated heterocycles. The van der Waals surface area contributed by atoms with Gasteiger partial charge in [-0.05, 0) is 49.7 Å². The normalized spacial score (nSPS) is 14.1. The quantitative estimate of drug-likeness (QED) is 0.709. The molecule has 1 N–H and O–H groups in total. The molecular formula is C19H23FN2O5S2. The van der Waals surface area contributed by atoms with E-state index in [9.17, 15) is 26.0 Å². The van der Waals surface area contributed by atoms with Gasteiger partial charge in [-0.2, -0.15) is 0 Å². The number of nitrogens with one attached hydrogen (secondary N) is 1. The monoisotopic (exact) mass is 442 g/mol. The standard InChI is InChI=1S/C19H23FN2O5S2/c1-13(15-8-10-18(11-9-15)28(3,24)25)21-19(23)14(2)22(29(4,26)27)17-7-5-6-16(20)12-17/h5-14H,1-4H3,(H,21,23)/t13-,14+/m0/s1. The van der Waals surface area contributed by atoms with E-state index in [0.29, 0.717) is 5.56 Å². The lowest BCUT2D eigenvalue weighted by Gasteiger charge is -2.29. The van der Waals surface area contributed by atoms with E-state index in [-0.39, 0.29) is 10.6 Å². The predicted octanol–water partition coefficient (Wildman–Crippen LogP) is 2.26. The number of benzene rings is 2. The van der Waals surface area contributed by atoms with Crippen molar-refractivity contribution in [1.29, 1.82) is 0 Å². The Labute approximate surface area is 170 Å². The highest BCUT2D eigenvalue weighted by Gasteiger charge is 2.30. The highest BCUT2D eigenvalue weighted by molar-refractivity contribution is 7.92. The first kappa shape index (κ1) is 22.8. The van der Waals surface area contributed by atoms with Gasteiger partial charge in [-0.3, -0.25) is 9.10 Å². The van der Waals surface area contributed by atoms with Crippen LogP contribution in [0.25, 0.3) is 0 Å². The summed E-state index contributed by atoms with van der Waals surface area (Å²) in [6.45, 7) is 3.09. The number of rotatable bonds is 7. The smallest absolute Gasteiger partial charge is 0.244 e. The van der Waals surface area contributed by atoms with Crippen molar-refractivity contribution in [2.75, 3.05) is 16.8 Å². The zero-order valence-corrected chi connectivity index (χ0v) is 18.1. The molecule has 0 aliphatic carbocycles. The molecule has 2 aromatic carbocycles. The summed E-state index contributed by atoms with van der Waals surface area (Å²) >= 11 is 0. The molecule has 10 heteroatoms. The largest absolute Gasteiger partial charge is 0.348 e. The number of nitrogens with zero attached hydrogens (tertiary/aromatic N) is 1. The van der Waals surface area contributed by atoms with Crippen molar-refractivity contribution in [1.82, 2.24) is 5.32 Å². The Morgan fingerprint density at radius 3 is 2.07 bits per heavy atom. The molecule has 0 radical (unpaired) electrons. The second kappa shape index (κ2) is 8.50. The molecule has 158 valence electrons. The summed E-state index contributed by atoms with van der Waals surface area (Å²) in [5.74, 6) is -1.21. The summed E-state index contributed by atoms with van der Waals surface area (Å²) in [6.07, 6.45) is 2.04. The molecule has 0 heterocycles. The number of carbonyl (C=O) groups is 1. The van der Waals surface area contributed by atoms with E-state index in [0.717, 1.165) is 22.9 Å². The molecule has 29 heavy (non-hydrogen) atoms. The van der Waals surface area contributed by atoms with Crippen LogP contribution in [0.3, 0.4) is 0 Å². The maximum atomic E-state index is 13.6. The van der Waals surface area contributed by atoms with Crippen LogP contribution in [0.2, 0.25) is 0 Å². The van der Waals surface area contributed by atoms with Crippen molar-refractivity contribution < 1.29 is 26.0 Å². The Morgan fingerprint density at radius 1 is 1.00 bits per heavy atom. The minimum absolute atomic E-state index is 0.0420. The number of halogens is 1. The van der Waals surface area contributed by atoms with Crippen LogP contribution in [-0.4, -0.2) is 41.3 Å². The summed E-state index contributed by atoms with van der Waals surface area (Å²) < 4.78 is 62.0. The van der Waals surface area contributed by atoms with Gasteiger partial charge in [0.25, 0.3) is 0 Å². The minimum atomic E-state index is -3.86. The van der Waals surface area contributed by atoms with Crippen LogP contribution in [-0.2, 0) is 24.7 Å². The van der Waals surface area contributed by atoms with Crippen molar-refractivity contribution in [2.24, 2.45) is 0 Å².